The Bertz CT molecular complexity index is 1020. The van der Waals surface area contributed by atoms with Gasteiger partial charge in [-0.3, -0.25) is 9.59 Å². The van der Waals surface area contributed by atoms with E-state index in [0.29, 0.717) is 29.9 Å². The number of carbonyl (C=O) groups is 2. The molecule has 1 aliphatic heterocycles. The third kappa shape index (κ3) is 3.49. The Balaban J connectivity index is 1.36. The number of piperidine rings is 1. The van der Waals surface area contributed by atoms with Gasteiger partial charge in [0.15, 0.2) is 0 Å². The summed E-state index contributed by atoms with van der Waals surface area (Å²) in [6, 6.07) is 4.93. The predicted octanol–water partition coefficient (Wildman–Crippen LogP) is 5.90. The number of anilines is 1. The number of hydrogen-bond acceptors (Lipinski definition) is 2. The molecule has 3 aliphatic carbocycles. The largest absolute Gasteiger partial charge is 0.416 e. The SMILES string of the molecule is CN1C(=O)CC[C@@]2(C)C1CC[C@@H]1[C@H]2C=C[C@]2(C)C(C(=O)Nc3ccc(C(F)(F)F)cc3)CC[C@@H]12. The molecular weight excluding hydrogens is 441 g/mol. The van der Waals surface area contributed by atoms with Gasteiger partial charge in [-0.15, -0.1) is 0 Å². The Kier molecular flexibility index (Phi) is 5.41. The Morgan fingerprint density at radius 3 is 2.47 bits per heavy atom. The van der Waals surface area contributed by atoms with Crippen LogP contribution < -0.4 is 5.32 Å². The van der Waals surface area contributed by atoms with E-state index >= 15 is 0 Å². The summed E-state index contributed by atoms with van der Waals surface area (Å²) in [5.74, 6) is 1.20. The van der Waals surface area contributed by atoms with Crippen LogP contribution in [0.25, 0.3) is 0 Å². The van der Waals surface area contributed by atoms with E-state index in [2.05, 4.69) is 31.3 Å². The first-order valence-corrected chi connectivity index (χ1v) is 12.4. The van der Waals surface area contributed by atoms with Crippen LogP contribution in [0.15, 0.2) is 36.4 Å². The average Bonchev–Trinajstić information content (AvgIpc) is 3.14. The number of nitrogens with one attached hydrogen (secondary N) is 1. The third-order valence-electron chi connectivity index (χ3n) is 9.79. The number of halogens is 3. The standard InChI is InChI=1S/C27H33F3N2O2/c1-25-14-12-20-18(8-11-22-26(20,2)15-13-23(33)32(22)3)19(25)9-10-21(25)24(34)31-17-6-4-16(5-7-17)27(28,29)30/h4-7,12,14,18-22H,8-11,13,15H2,1-3H3,(H,31,34)/t18-,19-,20+,21?,22?,25-,26+/m0/s1. The lowest BCUT2D eigenvalue weighted by atomic mass is 9.49. The molecule has 184 valence electrons. The van der Waals surface area contributed by atoms with Gasteiger partial charge in [0.25, 0.3) is 0 Å². The molecule has 3 fully saturated rings. The first-order chi connectivity index (χ1) is 15.9. The van der Waals surface area contributed by atoms with Crippen LogP contribution in [0.3, 0.4) is 0 Å². The zero-order chi connectivity index (χ0) is 24.5. The molecule has 4 aliphatic rings. The molecule has 34 heavy (non-hydrogen) atoms. The van der Waals surface area contributed by atoms with E-state index in [9.17, 15) is 22.8 Å². The minimum absolute atomic E-state index is 0.0595. The van der Waals surface area contributed by atoms with Crippen LogP contribution in [-0.4, -0.2) is 29.8 Å². The van der Waals surface area contributed by atoms with E-state index in [0.717, 1.165) is 44.2 Å². The molecule has 0 bridgehead atoms. The summed E-state index contributed by atoms with van der Waals surface area (Å²) in [5, 5.41) is 2.87. The van der Waals surface area contributed by atoms with Crippen LogP contribution in [0.5, 0.6) is 0 Å². The van der Waals surface area contributed by atoms with Crippen molar-refractivity contribution in [2.24, 2.45) is 34.5 Å². The molecule has 1 N–H and O–H groups in total. The highest BCUT2D eigenvalue weighted by Crippen LogP contribution is 2.63. The minimum Gasteiger partial charge on any atom is -0.342 e. The molecule has 1 aromatic carbocycles. The van der Waals surface area contributed by atoms with Crippen LogP contribution >= 0.6 is 0 Å². The van der Waals surface area contributed by atoms with Crippen molar-refractivity contribution in [1.29, 1.82) is 0 Å². The van der Waals surface area contributed by atoms with Crippen LogP contribution in [0.4, 0.5) is 18.9 Å². The Hall–Kier alpha value is -2.31. The molecule has 1 saturated heterocycles. The number of rotatable bonds is 2. The van der Waals surface area contributed by atoms with Gasteiger partial charge in [-0.05, 0) is 79.5 Å². The molecular formula is C27H33F3N2O2. The lowest BCUT2D eigenvalue weighted by Gasteiger charge is -2.59. The molecule has 1 heterocycles. The molecule has 0 aromatic heterocycles. The third-order valence-corrected chi connectivity index (χ3v) is 9.79. The van der Waals surface area contributed by atoms with E-state index in [1.807, 2.05) is 11.9 Å². The maximum Gasteiger partial charge on any atom is 0.416 e. The topological polar surface area (TPSA) is 49.4 Å². The number of hydrogen-bond donors (Lipinski definition) is 1. The summed E-state index contributed by atoms with van der Waals surface area (Å²) < 4.78 is 38.6. The second kappa shape index (κ2) is 7.85. The Morgan fingerprint density at radius 2 is 1.79 bits per heavy atom. The van der Waals surface area contributed by atoms with Gasteiger partial charge in [-0.1, -0.05) is 26.0 Å². The lowest BCUT2D eigenvalue weighted by Crippen LogP contribution is -2.60. The van der Waals surface area contributed by atoms with Gasteiger partial charge in [0.1, 0.15) is 0 Å². The Morgan fingerprint density at radius 1 is 1.09 bits per heavy atom. The summed E-state index contributed by atoms with van der Waals surface area (Å²) in [6.45, 7) is 4.52. The highest BCUT2D eigenvalue weighted by molar-refractivity contribution is 5.93. The van der Waals surface area contributed by atoms with Gasteiger partial charge in [0.05, 0.1) is 5.56 Å². The van der Waals surface area contributed by atoms with E-state index in [1.165, 1.54) is 12.1 Å². The van der Waals surface area contributed by atoms with E-state index < -0.39 is 11.7 Å². The minimum atomic E-state index is -4.39. The fourth-order valence-electron chi connectivity index (χ4n) is 7.92. The van der Waals surface area contributed by atoms with Crippen molar-refractivity contribution >= 4 is 17.5 Å². The second-order valence-corrected chi connectivity index (χ2v) is 11.3. The summed E-state index contributed by atoms with van der Waals surface area (Å²) in [4.78, 5) is 27.6. The predicted molar refractivity (Wildman–Crippen MR) is 124 cm³/mol. The summed E-state index contributed by atoms with van der Waals surface area (Å²) in [5.41, 5.74) is -0.537. The van der Waals surface area contributed by atoms with E-state index in [-0.39, 0.29) is 34.6 Å². The van der Waals surface area contributed by atoms with Gasteiger partial charge < -0.3 is 10.2 Å². The van der Waals surface area contributed by atoms with Gasteiger partial charge in [0.2, 0.25) is 11.8 Å². The highest BCUT2D eigenvalue weighted by atomic mass is 19.4. The van der Waals surface area contributed by atoms with Crippen molar-refractivity contribution in [3.8, 4) is 0 Å². The number of fused-ring (bicyclic) bond motifs is 5. The molecule has 4 nitrogen and oxygen atoms in total. The van der Waals surface area contributed by atoms with E-state index in [1.54, 1.807) is 0 Å². The van der Waals surface area contributed by atoms with Crippen molar-refractivity contribution in [3.63, 3.8) is 0 Å². The number of allylic oxidation sites excluding steroid dienone is 2. The van der Waals surface area contributed by atoms with Crippen LogP contribution in [0.1, 0.15) is 57.9 Å². The van der Waals surface area contributed by atoms with Gasteiger partial charge in [0, 0.05) is 36.5 Å². The smallest absolute Gasteiger partial charge is 0.342 e. The fraction of sp³-hybridized carbons (Fsp3) is 0.630. The zero-order valence-electron chi connectivity index (χ0n) is 20.0. The van der Waals surface area contributed by atoms with E-state index in [4.69, 9.17) is 0 Å². The van der Waals surface area contributed by atoms with Crippen molar-refractivity contribution < 1.29 is 22.8 Å². The van der Waals surface area contributed by atoms with Gasteiger partial charge in [-0.25, -0.2) is 0 Å². The molecule has 7 heteroatoms. The molecule has 1 aromatic rings. The van der Waals surface area contributed by atoms with Crippen molar-refractivity contribution in [1.82, 2.24) is 4.90 Å². The molecule has 7 atom stereocenters. The molecule has 2 amide bonds. The Labute approximate surface area is 199 Å². The average molecular weight is 475 g/mol. The molecule has 2 saturated carbocycles. The number of likely N-dealkylation sites (tertiary alicyclic amines) is 1. The van der Waals surface area contributed by atoms with Crippen molar-refractivity contribution in [2.45, 2.75) is 64.6 Å². The first-order valence-electron chi connectivity index (χ1n) is 12.4. The maximum atomic E-state index is 13.3. The number of carbonyl (C=O) groups excluding carboxylic acids is 2. The number of nitrogens with zero attached hydrogens (tertiary/aromatic N) is 1. The quantitative estimate of drug-likeness (QED) is 0.543. The van der Waals surface area contributed by atoms with Crippen molar-refractivity contribution in [2.75, 3.05) is 12.4 Å². The summed E-state index contributed by atoms with van der Waals surface area (Å²) >= 11 is 0. The number of amides is 2. The summed E-state index contributed by atoms with van der Waals surface area (Å²) in [6.07, 6.45) is 5.52. The number of benzene rings is 1. The van der Waals surface area contributed by atoms with Gasteiger partial charge in [-0.2, -0.15) is 13.2 Å². The molecule has 0 radical (unpaired) electrons. The lowest BCUT2D eigenvalue weighted by molar-refractivity contribution is -0.149. The maximum absolute atomic E-state index is 13.3. The number of alkyl halides is 3. The fourth-order valence-corrected chi connectivity index (χ4v) is 7.92. The first kappa shape index (κ1) is 23.4. The molecule has 0 spiro atoms. The monoisotopic (exact) mass is 474 g/mol. The molecule has 5 rings (SSSR count). The zero-order valence-corrected chi connectivity index (χ0v) is 20.0. The normalized spacial score (nSPS) is 39.3. The van der Waals surface area contributed by atoms with Crippen LogP contribution in [0.2, 0.25) is 0 Å². The summed E-state index contributed by atoms with van der Waals surface area (Å²) in [7, 11) is 1.94. The van der Waals surface area contributed by atoms with Crippen LogP contribution in [-0.2, 0) is 15.8 Å². The van der Waals surface area contributed by atoms with Gasteiger partial charge >= 0.3 is 6.18 Å². The molecule has 2 unspecified atom stereocenters. The van der Waals surface area contributed by atoms with Crippen molar-refractivity contribution in [3.05, 3.63) is 42.0 Å². The van der Waals surface area contributed by atoms with Crippen LogP contribution in [0, 0.1) is 34.5 Å². The second-order valence-electron chi connectivity index (χ2n) is 11.3. The highest BCUT2D eigenvalue weighted by Gasteiger charge is 2.60.